The van der Waals surface area contributed by atoms with E-state index in [9.17, 15) is 0 Å². The molecule has 4 heteroatoms. The molecule has 1 unspecified atom stereocenters. The Bertz CT molecular complexity index is 235. The smallest absolute Gasteiger partial charge is 0.137 e. The number of nitrogens with one attached hydrogen (secondary N) is 1. The number of nitrogens with zero attached hydrogens (tertiary/aromatic N) is 2. The molecule has 0 bridgehead atoms. The number of aromatic amines is 1. The maximum absolute atomic E-state index is 5.68. The Morgan fingerprint density at radius 2 is 2.23 bits per heavy atom. The van der Waals surface area contributed by atoms with Gasteiger partial charge in [0.1, 0.15) is 12.2 Å². The Morgan fingerprint density at radius 3 is 2.62 bits per heavy atom. The summed E-state index contributed by atoms with van der Waals surface area (Å²) in [6.45, 7) is 7.22. The molecule has 0 aromatic carbocycles. The molecule has 1 aromatic rings. The van der Waals surface area contributed by atoms with Crippen LogP contribution in [-0.4, -0.2) is 21.7 Å². The van der Waals surface area contributed by atoms with Crippen molar-refractivity contribution in [3.63, 3.8) is 0 Å². The molecule has 74 valence electrons. The molecule has 0 radical (unpaired) electrons. The molecule has 1 aromatic heterocycles. The van der Waals surface area contributed by atoms with Gasteiger partial charge in [-0.05, 0) is 11.8 Å². The monoisotopic (exact) mass is 182 g/mol. The number of hydrogen-bond acceptors (Lipinski definition) is 3. The van der Waals surface area contributed by atoms with Crippen molar-refractivity contribution < 1.29 is 0 Å². The van der Waals surface area contributed by atoms with E-state index >= 15 is 0 Å². The number of hydrogen-bond donors (Lipinski definition) is 2. The quantitative estimate of drug-likeness (QED) is 0.740. The topological polar surface area (TPSA) is 67.6 Å². The second-order valence-electron chi connectivity index (χ2n) is 4.57. The van der Waals surface area contributed by atoms with Crippen LogP contribution in [-0.2, 0) is 0 Å². The summed E-state index contributed by atoms with van der Waals surface area (Å²) in [6.07, 6.45) is 2.55. The number of aromatic nitrogens is 3. The summed E-state index contributed by atoms with van der Waals surface area (Å²) < 4.78 is 0. The first-order chi connectivity index (χ1) is 6.03. The molecule has 1 atom stereocenters. The lowest BCUT2D eigenvalue weighted by Gasteiger charge is -2.23. The van der Waals surface area contributed by atoms with Crippen LogP contribution in [0.15, 0.2) is 6.33 Å². The van der Waals surface area contributed by atoms with Crippen molar-refractivity contribution in [2.45, 2.75) is 33.1 Å². The summed E-state index contributed by atoms with van der Waals surface area (Å²) in [5.74, 6) is 1.19. The molecule has 0 aliphatic heterocycles. The minimum Gasteiger partial charge on any atom is -0.330 e. The van der Waals surface area contributed by atoms with Crippen molar-refractivity contribution >= 4 is 0 Å². The van der Waals surface area contributed by atoms with Crippen molar-refractivity contribution in [1.82, 2.24) is 15.2 Å². The number of rotatable bonds is 3. The molecule has 3 N–H and O–H groups in total. The Balaban J connectivity index is 2.64. The molecule has 0 aliphatic carbocycles. The maximum atomic E-state index is 5.68. The molecule has 0 spiro atoms. The minimum absolute atomic E-state index is 0.275. The van der Waals surface area contributed by atoms with Gasteiger partial charge in [0, 0.05) is 12.5 Å². The van der Waals surface area contributed by atoms with Crippen LogP contribution in [0.4, 0.5) is 0 Å². The van der Waals surface area contributed by atoms with Crippen molar-refractivity contribution in [3.8, 4) is 0 Å². The van der Waals surface area contributed by atoms with Crippen LogP contribution < -0.4 is 5.73 Å². The van der Waals surface area contributed by atoms with E-state index in [0.717, 1.165) is 12.2 Å². The largest absolute Gasteiger partial charge is 0.330 e. The van der Waals surface area contributed by atoms with E-state index in [0.29, 0.717) is 12.5 Å². The molecule has 13 heavy (non-hydrogen) atoms. The zero-order chi connectivity index (χ0) is 9.90. The van der Waals surface area contributed by atoms with Crippen LogP contribution in [0.2, 0.25) is 0 Å². The second-order valence-corrected chi connectivity index (χ2v) is 4.57. The van der Waals surface area contributed by atoms with Crippen LogP contribution >= 0.6 is 0 Å². The summed E-state index contributed by atoms with van der Waals surface area (Å²) in [5.41, 5.74) is 5.96. The average molecular weight is 182 g/mol. The van der Waals surface area contributed by atoms with Crippen molar-refractivity contribution in [3.05, 3.63) is 12.2 Å². The Kier molecular flexibility index (Phi) is 3.03. The van der Waals surface area contributed by atoms with Crippen LogP contribution in [0, 0.1) is 5.41 Å². The first-order valence-corrected chi connectivity index (χ1v) is 4.58. The second kappa shape index (κ2) is 3.87. The zero-order valence-corrected chi connectivity index (χ0v) is 8.54. The lowest BCUT2D eigenvalue weighted by molar-refractivity contribution is 0.336. The summed E-state index contributed by atoms with van der Waals surface area (Å²) in [6, 6.07) is 0. The van der Waals surface area contributed by atoms with Crippen molar-refractivity contribution in [2.24, 2.45) is 11.1 Å². The maximum Gasteiger partial charge on any atom is 0.137 e. The van der Waals surface area contributed by atoms with Crippen LogP contribution in [0.1, 0.15) is 38.9 Å². The van der Waals surface area contributed by atoms with E-state index in [4.69, 9.17) is 5.73 Å². The van der Waals surface area contributed by atoms with Gasteiger partial charge >= 0.3 is 0 Å². The zero-order valence-electron chi connectivity index (χ0n) is 8.54. The standard InChI is InChI=1S/C9H18N4/c1-9(2,3)4-7(5-10)8-11-6-12-13-8/h6-7H,4-5,10H2,1-3H3,(H,11,12,13). The molecule has 0 fully saturated rings. The van der Waals surface area contributed by atoms with Crippen LogP contribution in [0.5, 0.6) is 0 Å². The van der Waals surface area contributed by atoms with E-state index < -0.39 is 0 Å². The summed E-state index contributed by atoms with van der Waals surface area (Å²) >= 11 is 0. The predicted molar refractivity (Wildman–Crippen MR) is 52.3 cm³/mol. The van der Waals surface area contributed by atoms with E-state index in [1.54, 1.807) is 0 Å². The minimum atomic E-state index is 0.275. The third-order valence-corrected chi connectivity index (χ3v) is 1.96. The molecule has 0 saturated carbocycles. The molecule has 1 heterocycles. The highest BCUT2D eigenvalue weighted by Crippen LogP contribution is 2.28. The van der Waals surface area contributed by atoms with Gasteiger partial charge in [-0.3, -0.25) is 5.10 Å². The van der Waals surface area contributed by atoms with E-state index in [2.05, 4.69) is 36.0 Å². The first kappa shape index (κ1) is 10.2. The van der Waals surface area contributed by atoms with E-state index in [1.165, 1.54) is 6.33 Å². The summed E-state index contributed by atoms with van der Waals surface area (Å²) in [4.78, 5) is 4.12. The molecular weight excluding hydrogens is 164 g/mol. The van der Waals surface area contributed by atoms with E-state index in [1.807, 2.05) is 0 Å². The van der Waals surface area contributed by atoms with Gasteiger partial charge in [-0.15, -0.1) is 0 Å². The highest BCUT2D eigenvalue weighted by atomic mass is 15.2. The van der Waals surface area contributed by atoms with Crippen LogP contribution in [0.3, 0.4) is 0 Å². The SMILES string of the molecule is CC(C)(C)CC(CN)c1ncn[nH]1. The van der Waals surface area contributed by atoms with Gasteiger partial charge in [-0.2, -0.15) is 5.10 Å². The van der Waals surface area contributed by atoms with Crippen LogP contribution in [0.25, 0.3) is 0 Å². The highest BCUT2D eigenvalue weighted by molar-refractivity contribution is 4.95. The fourth-order valence-corrected chi connectivity index (χ4v) is 1.44. The fourth-order valence-electron chi connectivity index (χ4n) is 1.44. The predicted octanol–water partition coefficient (Wildman–Crippen LogP) is 1.28. The van der Waals surface area contributed by atoms with Crippen molar-refractivity contribution in [2.75, 3.05) is 6.54 Å². The van der Waals surface area contributed by atoms with Gasteiger partial charge in [-0.1, -0.05) is 20.8 Å². The third kappa shape index (κ3) is 3.14. The van der Waals surface area contributed by atoms with Gasteiger partial charge in [-0.25, -0.2) is 4.98 Å². The highest BCUT2D eigenvalue weighted by Gasteiger charge is 2.20. The molecule has 0 saturated heterocycles. The molecule has 1 rings (SSSR count). The average Bonchev–Trinajstić information content (AvgIpc) is 2.50. The lowest BCUT2D eigenvalue weighted by atomic mass is 9.84. The number of nitrogens with two attached hydrogens (primary N) is 1. The van der Waals surface area contributed by atoms with Gasteiger partial charge in [0.05, 0.1) is 0 Å². The molecular formula is C9H18N4. The molecule has 4 nitrogen and oxygen atoms in total. The van der Waals surface area contributed by atoms with Gasteiger partial charge < -0.3 is 5.73 Å². The Labute approximate surface area is 78.9 Å². The Morgan fingerprint density at radius 1 is 1.54 bits per heavy atom. The fraction of sp³-hybridized carbons (Fsp3) is 0.778. The Hall–Kier alpha value is -0.900. The lowest BCUT2D eigenvalue weighted by Crippen LogP contribution is -2.20. The van der Waals surface area contributed by atoms with Gasteiger partial charge in [0.25, 0.3) is 0 Å². The van der Waals surface area contributed by atoms with E-state index in [-0.39, 0.29) is 5.41 Å². The summed E-state index contributed by atoms with van der Waals surface area (Å²) in [7, 11) is 0. The molecule has 0 amide bonds. The summed E-state index contributed by atoms with van der Waals surface area (Å²) in [5, 5.41) is 6.70. The number of H-pyrrole nitrogens is 1. The third-order valence-electron chi connectivity index (χ3n) is 1.96. The van der Waals surface area contributed by atoms with Gasteiger partial charge in [0.2, 0.25) is 0 Å². The van der Waals surface area contributed by atoms with Crippen molar-refractivity contribution in [1.29, 1.82) is 0 Å². The van der Waals surface area contributed by atoms with Gasteiger partial charge in [0.15, 0.2) is 0 Å². The first-order valence-electron chi connectivity index (χ1n) is 4.58. The normalized spacial score (nSPS) is 14.5. The molecule has 0 aliphatic rings.